The van der Waals surface area contributed by atoms with Gasteiger partial charge in [-0.05, 0) is 51.0 Å². The van der Waals surface area contributed by atoms with Crippen molar-refractivity contribution in [2.45, 2.75) is 32.2 Å². The van der Waals surface area contributed by atoms with Gasteiger partial charge in [0.25, 0.3) is 0 Å². The van der Waals surface area contributed by atoms with Crippen LogP contribution < -0.4 is 5.32 Å². The predicted molar refractivity (Wildman–Crippen MR) is 81.9 cm³/mol. The van der Waals surface area contributed by atoms with Crippen LogP contribution in [0.2, 0.25) is 0 Å². The SMILES string of the molecule is CCCN(CC(=O)c1ccc(O)cc1O)C1CCNCC1. The summed E-state index contributed by atoms with van der Waals surface area (Å²) in [5.74, 6) is -0.283. The van der Waals surface area contributed by atoms with E-state index < -0.39 is 0 Å². The van der Waals surface area contributed by atoms with Crippen molar-refractivity contribution < 1.29 is 15.0 Å². The van der Waals surface area contributed by atoms with E-state index >= 15 is 0 Å². The lowest BCUT2D eigenvalue weighted by Crippen LogP contribution is -2.45. The number of nitrogens with zero attached hydrogens (tertiary/aromatic N) is 1. The average molecular weight is 292 g/mol. The Hall–Kier alpha value is -1.59. The van der Waals surface area contributed by atoms with Crippen LogP contribution in [0.25, 0.3) is 0 Å². The lowest BCUT2D eigenvalue weighted by atomic mass is 10.0. The van der Waals surface area contributed by atoms with Crippen LogP contribution in [0.5, 0.6) is 11.5 Å². The zero-order valence-corrected chi connectivity index (χ0v) is 12.5. The van der Waals surface area contributed by atoms with Crippen LogP contribution in [0, 0.1) is 0 Å². The molecule has 0 radical (unpaired) electrons. The van der Waals surface area contributed by atoms with E-state index in [0.717, 1.165) is 38.9 Å². The van der Waals surface area contributed by atoms with E-state index in [4.69, 9.17) is 0 Å². The zero-order valence-electron chi connectivity index (χ0n) is 12.5. The Bertz CT molecular complexity index is 484. The van der Waals surface area contributed by atoms with Gasteiger partial charge in [0.15, 0.2) is 5.78 Å². The van der Waals surface area contributed by atoms with Gasteiger partial charge >= 0.3 is 0 Å². The molecule has 1 aromatic rings. The highest BCUT2D eigenvalue weighted by Gasteiger charge is 2.23. The number of Topliss-reactive ketones (excluding diaryl/α,β-unsaturated/α-hetero) is 1. The first-order chi connectivity index (χ1) is 10.1. The van der Waals surface area contributed by atoms with Gasteiger partial charge in [-0.3, -0.25) is 9.69 Å². The third kappa shape index (κ3) is 4.19. The first-order valence-electron chi connectivity index (χ1n) is 7.61. The molecule has 1 fully saturated rings. The number of carbonyl (C=O) groups excluding carboxylic acids is 1. The van der Waals surface area contributed by atoms with Crippen molar-refractivity contribution >= 4 is 5.78 Å². The van der Waals surface area contributed by atoms with E-state index in [2.05, 4.69) is 17.1 Å². The number of hydrogen-bond acceptors (Lipinski definition) is 5. The number of piperidine rings is 1. The lowest BCUT2D eigenvalue weighted by Gasteiger charge is -2.34. The van der Waals surface area contributed by atoms with Gasteiger partial charge < -0.3 is 15.5 Å². The summed E-state index contributed by atoms with van der Waals surface area (Å²) in [7, 11) is 0. The summed E-state index contributed by atoms with van der Waals surface area (Å²) in [6.45, 7) is 5.29. The number of phenols is 2. The Kier molecular flexibility index (Phi) is 5.59. The number of phenolic OH excluding ortho intramolecular Hbond substituents is 2. The van der Waals surface area contributed by atoms with Crippen molar-refractivity contribution in [1.29, 1.82) is 0 Å². The van der Waals surface area contributed by atoms with Gasteiger partial charge in [0, 0.05) is 12.1 Å². The molecule has 0 amide bonds. The quantitative estimate of drug-likeness (QED) is 0.697. The maximum absolute atomic E-state index is 12.4. The molecule has 1 aliphatic rings. The molecule has 2 rings (SSSR count). The van der Waals surface area contributed by atoms with Crippen molar-refractivity contribution in [2.24, 2.45) is 0 Å². The Morgan fingerprint density at radius 3 is 2.67 bits per heavy atom. The Morgan fingerprint density at radius 1 is 1.33 bits per heavy atom. The van der Waals surface area contributed by atoms with Gasteiger partial charge in [-0.15, -0.1) is 0 Å². The molecule has 0 aromatic heterocycles. The van der Waals surface area contributed by atoms with Crippen LogP contribution >= 0.6 is 0 Å². The number of carbonyl (C=O) groups is 1. The zero-order chi connectivity index (χ0) is 15.2. The highest BCUT2D eigenvalue weighted by atomic mass is 16.3. The fourth-order valence-corrected chi connectivity index (χ4v) is 2.88. The fourth-order valence-electron chi connectivity index (χ4n) is 2.88. The first kappa shape index (κ1) is 15.8. The Balaban J connectivity index is 2.06. The topological polar surface area (TPSA) is 72.8 Å². The summed E-state index contributed by atoms with van der Waals surface area (Å²) in [6.07, 6.45) is 3.10. The number of hydrogen-bond donors (Lipinski definition) is 3. The third-order valence-electron chi connectivity index (χ3n) is 3.96. The van der Waals surface area contributed by atoms with Crippen molar-refractivity contribution in [2.75, 3.05) is 26.2 Å². The number of ketones is 1. The fraction of sp³-hybridized carbons (Fsp3) is 0.562. The van der Waals surface area contributed by atoms with Gasteiger partial charge in [-0.1, -0.05) is 6.92 Å². The summed E-state index contributed by atoms with van der Waals surface area (Å²) in [5, 5.41) is 22.4. The van der Waals surface area contributed by atoms with E-state index in [1.807, 2.05) is 0 Å². The predicted octanol–water partition coefficient (Wildman–Crippen LogP) is 1.74. The van der Waals surface area contributed by atoms with Crippen LogP contribution in [0.1, 0.15) is 36.5 Å². The monoisotopic (exact) mass is 292 g/mol. The first-order valence-corrected chi connectivity index (χ1v) is 7.61. The van der Waals surface area contributed by atoms with Crippen molar-refractivity contribution in [3.63, 3.8) is 0 Å². The highest BCUT2D eigenvalue weighted by Crippen LogP contribution is 2.24. The maximum atomic E-state index is 12.4. The summed E-state index contributed by atoms with van der Waals surface area (Å²) >= 11 is 0. The van der Waals surface area contributed by atoms with Gasteiger partial charge in [0.05, 0.1) is 12.1 Å². The van der Waals surface area contributed by atoms with Crippen molar-refractivity contribution in [3.8, 4) is 11.5 Å². The van der Waals surface area contributed by atoms with Gasteiger partial charge in [0.1, 0.15) is 11.5 Å². The molecule has 1 aromatic carbocycles. The minimum Gasteiger partial charge on any atom is -0.508 e. The molecular weight excluding hydrogens is 268 g/mol. The molecular formula is C16H24N2O3. The van der Waals surface area contributed by atoms with E-state index in [1.54, 1.807) is 0 Å². The van der Waals surface area contributed by atoms with E-state index in [9.17, 15) is 15.0 Å². The summed E-state index contributed by atoms with van der Waals surface area (Å²) in [6, 6.07) is 4.55. The van der Waals surface area contributed by atoms with Crippen molar-refractivity contribution in [1.82, 2.24) is 10.2 Å². The van der Waals surface area contributed by atoms with Crippen LogP contribution in [-0.4, -0.2) is 53.1 Å². The average Bonchev–Trinajstić information content (AvgIpc) is 2.47. The molecule has 0 atom stereocenters. The number of nitrogens with one attached hydrogen (secondary N) is 1. The van der Waals surface area contributed by atoms with Crippen molar-refractivity contribution in [3.05, 3.63) is 23.8 Å². The van der Waals surface area contributed by atoms with Crippen LogP contribution in [-0.2, 0) is 0 Å². The Morgan fingerprint density at radius 2 is 2.05 bits per heavy atom. The van der Waals surface area contributed by atoms with Crippen LogP contribution in [0.4, 0.5) is 0 Å². The summed E-state index contributed by atoms with van der Waals surface area (Å²) in [4.78, 5) is 14.6. The van der Waals surface area contributed by atoms with Crippen LogP contribution in [0.3, 0.4) is 0 Å². The molecule has 5 heteroatoms. The standard InChI is InChI=1S/C16H24N2O3/c1-2-9-18(12-5-7-17-8-6-12)11-16(21)14-4-3-13(19)10-15(14)20/h3-4,10,12,17,19-20H,2,5-9,11H2,1H3. The molecule has 1 saturated heterocycles. The molecule has 0 bridgehead atoms. The Labute approximate surface area is 125 Å². The molecule has 3 N–H and O–H groups in total. The second-order valence-corrected chi connectivity index (χ2v) is 5.58. The number of benzene rings is 1. The van der Waals surface area contributed by atoms with Gasteiger partial charge in [-0.2, -0.15) is 0 Å². The minimum absolute atomic E-state index is 0.0344. The largest absolute Gasteiger partial charge is 0.508 e. The second-order valence-electron chi connectivity index (χ2n) is 5.58. The molecule has 0 spiro atoms. The highest BCUT2D eigenvalue weighted by molar-refractivity contribution is 6.00. The smallest absolute Gasteiger partial charge is 0.180 e. The molecule has 0 aliphatic carbocycles. The molecule has 0 saturated carbocycles. The third-order valence-corrected chi connectivity index (χ3v) is 3.96. The van der Waals surface area contributed by atoms with E-state index in [0.29, 0.717) is 12.6 Å². The molecule has 1 aliphatic heterocycles. The maximum Gasteiger partial charge on any atom is 0.180 e. The normalized spacial score (nSPS) is 16.3. The minimum atomic E-state index is -0.151. The summed E-state index contributed by atoms with van der Waals surface area (Å²) < 4.78 is 0. The molecule has 1 heterocycles. The number of aromatic hydroxyl groups is 2. The molecule has 116 valence electrons. The van der Waals surface area contributed by atoms with E-state index in [-0.39, 0.29) is 22.8 Å². The lowest BCUT2D eigenvalue weighted by molar-refractivity contribution is 0.0862. The molecule has 21 heavy (non-hydrogen) atoms. The summed E-state index contributed by atoms with van der Waals surface area (Å²) in [5.41, 5.74) is 0.280. The van der Waals surface area contributed by atoms with Gasteiger partial charge in [-0.25, -0.2) is 0 Å². The second kappa shape index (κ2) is 7.43. The molecule has 5 nitrogen and oxygen atoms in total. The van der Waals surface area contributed by atoms with Crippen LogP contribution in [0.15, 0.2) is 18.2 Å². The number of rotatable bonds is 6. The van der Waals surface area contributed by atoms with E-state index in [1.165, 1.54) is 18.2 Å². The molecule has 0 unspecified atom stereocenters. The van der Waals surface area contributed by atoms with Gasteiger partial charge in [0.2, 0.25) is 0 Å².